The lowest BCUT2D eigenvalue weighted by Gasteiger charge is -2.53. The van der Waals surface area contributed by atoms with Gasteiger partial charge in [0.05, 0.1) is 0 Å². The van der Waals surface area contributed by atoms with Gasteiger partial charge in [-0.25, -0.2) is 0 Å². The Hall–Kier alpha value is -0.860. The predicted octanol–water partition coefficient (Wildman–Crippen LogP) is 3.60. The van der Waals surface area contributed by atoms with Gasteiger partial charge < -0.3 is 5.32 Å². The Morgan fingerprint density at radius 2 is 1.86 bits per heavy atom. The van der Waals surface area contributed by atoms with Gasteiger partial charge in [0.2, 0.25) is 0 Å². The molecule has 21 heavy (non-hydrogen) atoms. The van der Waals surface area contributed by atoms with E-state index in [1.165, 1.54) is 37.8 Å². The van der Waals surface area contributed by atoms with Crippen LogP contribution in [-0.4, -0.2) is 29.6 Å². The van der Waals surface area contributed by atoms with Crippen molar-refractivity contribution in [3.05, 3.63) is 35.9 Å². The van der Waals surface area contributed by atoms with Crippen LogP contribution in [-0.2, 0) is 0 Å². The summed E-state index contributed by atoms with van der Waals surface area (Å²) in [5, 5.41) is 3.91. The molecule has 1 aromatic carbocycles. The molecule has 2 aliphatic carbocycles. The molecule has 114 valence electrons. The van der Waals surface area contributed by atoms with E-state index in [-0.39, 0.29) is 0 Å². The van der Waals surface area contributed by atoms with Gasteiger partial charge in [0.15, 0.2) is 0 Å². The van der Waals surface area contributed by atoms with Gasteiger partial charge in [-0.05, 0) is 50.0 Å². The largest absolute Gasteiger partial charge is 0.308 e. The number of piperazine rings is 1. The highest BCUT2D eigenvalue weighted by Crippen LogP contribution is 2.45. The molecule has 2 unspecified atom stereocenters. The van der Waals surface area contributed by atoms with E-state index in [0.717, 1.165) is 24.4 Å². The summed E-state index contributed by atoms with van der Waals surface area (Å²) in [6.07, 6.45) is 5.64. The Labute approximate surface area is 128 Å². The maximum Gasteiger partial charge on any atom is 0.0476 e. The van der Waals surface area contributed by atoms with Crippen molar-refractivity contribution in [1.82, 2.24) is 10.2 Å². The molecular formula is C19H28N2. The first-order chi connectivity index (χ1) is 10.2. The molecule has 3 fully saturated rings. The van der Waals surface area contributed by atoms with Crippen molar-refractivity contribution >= 4 is 0 Å². The smallest absolute Gasteiger partial charge is 0.0476 e. The zero-order chi connectivity index (χ0) is 14.4. The Morgan fingerprint density at radius 3 is 2.48 bits per heavy atom. The Kier molecular flexibility index (Phi) is 3.35. The average Bonchev–Trinajstić information content (AvgIpc) is 3.30. The second-order valence-corrected chi connectivity index (χ2v) is 7.90. The molecule has 1 N–H and O–H groups in total. The van der Waals surface area contributed by atoms with Crippen LogP contribution in [0.4, 0.5) is 0 Å². The van der Waals surface area contributed by atoms with E-state index in [1.807, 2.05) is 0 Å². The molecule has 0 aromatic heterocycles. The molecule has 1 saturated heterocycles. The quantitative estimate of drug-likeness (QED) is 0.912. The van der Waals surface area contributed by atoms with Crippen LogP contribution >= 0.6 is 0 Å². The third-order valence-corrected chi connectivity index (χ3v) is 6.09. The van der Waals surface area contributed by atoms with Crippen LogP contribution in [0.3, 0.4) is 0 Å². The van der Waals surface area contributed by atoms with Gasteiger partial charge in [0.1, 0.15) is 0 Å². The summed E-state index contributed by atoms with van der Waals surface area (Å²) in [6, 6.07) is 12.5. The third kappa shape index (κ3) is 2.53. The Morgan fingerprint density at radius 1 is 1.14 bits per heavy atom. The van der Waals surface area contributed by atoms with Crippen LogP contribution in [0.25, 0.3) is 0 Å². The molecule has 2 nitrogen and oxygen atoms in total. The zero-order valence-corrected chi connectivity index (χ0v) is 13.4. The fourth-order valence-corrected chi connectivity index (χ4v) is 4.49. The lowest BCUT2D eigenvalue weighted by atomic mass is 9.77. The molecule has 0 spiro atoms. The van der Waals surface area contributed by atoms with Crippen molar-refractivity contribution in [1.29, 1.82) is 0 Å². The van der Waals surface area contributed by atoms with E-state index >= 15 is 0 Å². The number of benzene rings is 1. The zero-order valence-electron chi connectivity index (χ0n) is 13.4. The maximum atomic E-state index is 3.91. The summed E-state index contributed by atoms with van der Waals surface area (Å²) in [6.45, 7) is 7.20. The summed E-state index contributed by atoms with van der Waals surface area (Å²) >= 11 is 0. The molecule has 3 aliphatic rings. The van der Waals surface area contributed by atoms with Gasteiger partial charge in [-0.2, -0.15) is 0 Å². The van der Waals surface area contributed by atoms with Gasteiger partial charge in [-0.1, -0.05) is 37.3 Å². The van der Waals surface area contributed by atoms with Crippen molar-refractivity contribution in [2.24, 2.45) is 11.8 Å². The Balaban J connectivity index is 1.57. The summed E-state index contributed by atoms with van der Waals surface area (Å²) in [7, 11) is 0. The number of hydrogen-bond donors (Lipinski definition) is 1. The lowest BCUT2D eigenvalue weighted by Crippen LogP contribution is -2.64. The summed E-state index contributed by atoms with van der Waals surface area (Å²) in [4.78, 5) is 2.84. The van der Waals surface area contributed by atoms with E-state index in [0.29, 0.717) is 11.6 Å². The SMILES string of the molecule is CC1CC(N2CC(C)(C3CC3)NCC2c2ccccc2)C1. The average molecular weight is 284 g/mol. The van der Waals surface area contributed by atoms with Crippen LogP contribution in [0.15, 0.2) is 30.3 Å². The minimum absolute atomic E-state index is 0.351. The van der Waals surface area contributed by atoms with Crippen molar-refractivity contribution in [2.75, 3.05) is 13.1 Å². The molecule has 1 heterocycles. The van der Waals surface area contributed by atoms with E-state index in [2.05, 4.69) is 54.4 Å². The fraction of sp³-hybridized carbons (Fsp3) is 0.684. The van der Waals surface area contributed by atoms with Crippen LogP contribution in [0, 0.1) is 11.8 Å². The highest BCUT2D eigenvalue weighted by atomic mass is 15.3. The summed E-state index contributed by atoms with van der Waals surface area (Å²) in [5.41, 5.74) is 1.84. The molecule has 4 rings (SSSR count). The molecule has 0 radical (unpaired) electrons. The molecule has 1 aromatic rings. The number of hydrogen-bond acceptors (Lipinski definition) is 2. The minimum Gasteiger partial charge on any atom is -0.308 e. The topological polar surface area (TPSA) is 15.3 Å². The van der Waals surface area contributed by atoms with Crippen LogP contribution in [0.2, 0.25) is 0 Å². The van der Waals surface area contributed by atoms with Gasteiger partial charge in [-0.15, -0.1) is 0 Å². The first-order valence-electron chi connectivity index (χ1n) is 8.71. The number of nitrogens with zero attached hydrogens (tertiary/aromatic N) is 1. The lowest BCUT2D eigenvalue weighted by molar-refractivity contribution is -0.0101. The molecule has 0 bridgehead atoms. The van der Waals surface area contributed by atoms with Gasteiger partial charge in [0.25, 0.3) is 0 Å². The predicted molar refractivity (Wildman–Crippen MR) is 87.2 cm³/mol. The minimum atomic E-state index is 0.351. The van der Waals surface area contributed by atoms with Crippen molar-refractivity contribution in [3.8, 4) is 0 Å². The van der Waals surface area contributed by atoms with Crippen LogP contribution in [0.1, 0.15) is 51.1 Å². The van der Waals surface area contributed by atoms with E-state index in [4.69, 9.17) is 0 Å². The third-order valence-electron chi connectivity index (χ3n) is 6.09. The van der Waals surface area contributed by atoms with Crippen LogP contribution < -0.4 is 5.32 Å². The van der Waals surface area contributed by atoms with Gasteiger partial charge in [0, 0.05) is 30.7 Å². The van der Waals surface area contributed by atoms with E-state index in [9.17, 15) is 0 Å². The highest BCUT2D eigenvalue weighted by molar-refractivity contribution is 5.22. The molecular weight excluding hydrogens is 256 g/mol. The summed E-state index contributed by atoms with van der Waals surface area (Å²) in [5.74, 6) is 1.84. The summed E-state index contributed by atoms with van der Waals surface area (Å²) < 4.78 is 0. The molecule has 2 heteroatoms. The molecule has 2 saturated carbocycles. The first kappa shape index (κ1) is 13.8. The van der Waals surface area contributed by atoms with E-state index in [1.54, 1.807) is 0 Å². The first-order valence-corrected chi connectivity index (χ1v) is 8.71. The molecule has 0 amide bonds. The fourth-order valence-electron chi connectivity index (χ4n) is 4.49. The highest BCUT2D eigenvalue weighted by Gasteiger charge is 2.48. The normalized spacial score (nSPS) is 40.8. The number of rotatable bonds is 3. The monoisotopic (exact) mass is 284 g/mol. The van der Waals surface area contributed by atoms with E-state index < -0.39 is 0 Å². The Bertz CT molecular complexity index is 490. The van der Waals surface area contributed by atoms with Crippen LogP contribution in [0.5, 0.6) is 0 Å². The van der Waals surface area contributed by atoms with Crippen molar-refractivity contribution < 1.29 is 0 Å². The van der Waals surface area contributed by atoms with Crippen molar-refractivity contribution in [2.45, 2.75) is 57.2 Å². The number of nitrogens with one attached hydrogen (secondary N) is 1. The maximum absolute atomic E-state index is 3.91. The molecule has 1 aliphatic heterocycles. The second-order valence-electron chi connectivity index (χ2n) is 7.90. The van der Waals surface area contributed by atoms with Gasteiger partial charge >= 0.3 is 0 Å². The van der Waals surface area contributed by atoms with Crippen molar-refractivity contribution in [3.63, 3.8) is 0 Å². The molecule has 2 atom stereocenters. The second kappa shape index (κ2) is 5.10. The van der Waals surface area contributed by atoms with Gasteiger partial charge in [-0.3, -0.25) is 4.90 Å². The standard InChI is InChI=1S/C19H28N2/c1-14-10-17(11-14)21-13-19(2,16-8-9-16)20-12-18(21)15-6-4-3-5-7-15/h3-7,14,16-18,20H,8-13H2,1-2H3.